The van der Waals surface area contributed by atoms with Crippen LogP contribution >= 0.6 is 11.8 Å². The van der Waals surface area contributed by atoms with Crippen molar-refractivity contribution in [2.24, 2.45) is 12.8 Å². The Balaban J connectivity index is 2.14. The summed E-state index contributed by atoms with van der Waals surface area (Å²) in [5.41, 5.74) is 8.20. The minimum absolute atomic E-state index is 0.116. The summed E-state index contributed by atoms with van der Waals surface area (Å²) >= 11 is 1.84. The molecule has 0 radical (unpaired) electrons. The number of nitrogens with zero attached hydrogens (tertiary/aromatic N) is 2. The molecule has 0 saturated carbocycles. The van der Waals surface area contributed by atoms with Gasteiger partial charge < -0.3 is 5.73 Å². The van der Waals surface area contributed by atoms with E-state index in [1.165, 1.54) is 10.9 Å². The van der Waals surface area contributed by atoms with Crippen molar-refractivity contribution in [3.8, 4) is 0 Å². The molecule has 4 heteroatoms. The van der Waals surface area contributed by atoms with Crippen LogP contribution in [0.2, 0.25) is 0 Å². The van der Waals surface area contributed by atoms with Crippen molar-refractivity contribution in [3.05, 3.63) is 30.0 Å². The van der Waals surface area contributed by atoms with E-state index >= 15 is 0 Å². The van der Waals surface area contributed by atoms with Crippen LogP contribution in [-0.2, 0) is 12.8 Å². The SMILES string of the molecule is Cn1nc(CSCC(C)(C)N)c2ccccc21. The molecule has 1 aromatic heterocycles. The number of benzene rings is 1. The second kappa shape index (κ2) is 4.70. The van der Waals surface area contributed by atoms with Crippen molar-refractivity contribution >= 4 is 22.7 Å². The molecule has 0 fully saturated rings. The molecule has 0 atom stereocenters. The third-order valence-electron chi connectivity index (χ3n) is 2.55. The molecule has 0 amide bonds. The van der Waals surface area contributed by atoms with Crippen molar-refractivity contribution in [2.45, 2.75) is 25.1 Å². The lowest BCUT2D eigenvalue weighted by Gasteiger charge is -2.16. The van der Waals surface area contributed by atoms with E-state index in [1.807, 2.05) is 29.6 Å². The summed E-state index contributed by atoms with van der Waals surface area (Å²) in [7, 11) is 1.99. The Morgan fingerprint density at radius 2 is 2.06 bits per heavy atom. The van der Waals surface area contributed by atoms with E-state index in [1.54, 1.807) is 0 Å². The van der Waals surface area contributed by atoms with Gasteiger partial charge in [-0.15, -0.1) is 0 Å². The highest BCUT2D eigenvalue weighted by Crippen LogP contribution is 2.22. The smallest absolute Gasteiger partial charge is 0.0802 e. The van der Waals surface area contributed by atoms with E-state index in [0.29, 0.717) is 0 Å². The number of aromatic nitrogens is 2. The molecule has 0 aliphatic carbocycles. The summed E-state index contributed by atoms with van der Waals surface area (Å²) in [5.74, 6) is 1.86. The molecular weight excluding hydrogens is 230 g/mol. The Kier molecular flexibility index (Phi) is 3.45. The van der Waals surface area contributed by atoms with Gasteiger partial charge in [0.2, 0.25) is 0 Å². The van der Waals surface area contributed by atoms with Crippen LogP contribution in [0.1, 0.15) is 19.5 Å². The molecule has 0 spiro atoms. The van der Waals surface area contributed by atoms with Crippen LogP contribution in [0.15, 0.2) is 24.3 Å². The second-order valence-electron chi connectivity index (χ2n) is 5.07. The summed E-state index contributed by atoms with van der Waals surface area (Å²) in [6.45, 7) is 4.10. The number of hydrogen-bond donors (Lipinski definition) is 1. The molecule has 0 aliphatic heterocycles. The van der Waals surface area contributed by atoms with Crippen molar-refractivity contribution in [2.75, 3.05) is 5.75 Å². The molecular formula is C13H19N3S. The molecule has 1 heterocycles. The first-order chi connectivity index (χ1) is 7.97. The van der Waals surface area contributed by atoms with Crippen LogP contribution in [-0.4, -0.2) is 21.1 Å². The number of nitrogens with two attached hydrogens (primary N) is 1. The number of rotatable bonds is 4. The fraction of sp³-hybridized carbons (Fsp3) is 0.462. The predicted molar refractivity (Wildman–Crippen MR) is 75.1 cm³/mol. The zero-order chi connectivity index (χ0) is 12.5. The van der Waals surface area contributed by atoms with Crippen molar-refractivity contribution in [1.82, 2.24) is 9.78 Å². The maximum absolute atomic E-state index is 5.97. The minimum atomic E-state index is -0.116. The lowest BCUT2D eigenvalue weighted by atomic mass is 10.1. The molecule has 92 valence electrons. The van der Waals surface area contributed by atoms with Gasteiger partial charge in [-0.2, -0.15) is 16.9 Å². The zero-order valence-electron chi connectivity index (χ0n) is 10.6. The highest BCUT2D eigenvalue weighted by atomic mass is 32.2. The van der Waals surface area contributed by atoms with Gasteiger partial charge in [0.25, 0.3) is 0 Å². The van der Waals surface area contributed by atoms with Gasteiger partial charge in [0.15, 0.2) is 0 Å². The third-order valence-corrected chi connectivity index (χ3v) is 3.97. The lowest BCUT2D eigenvalue weighted by molar-refractivity contribution is 0.591. The topological polar surface area (TPSA) is 43.8 Å². The van der Waals surface area contributed by atoms with Gasteiger partial charge in [-0.1, -0.05) is 18.2 Å². The molecule has 2 N–H and O–H groups in total. The van der Waals surface area contributed by atoms with E-state index in [-0.39, 0.29) is 5.54 Å². The van der Waals surface area contributed by atoms with Crippen LogP contribution in [0.25, 0.3) is 10.9 Å². The fourth-order valence-corrected chi connectivity index (χ4v) is 2.84. The summed E-state index contributed by atoms with van der Waals surface area (Å²) in [6.07, 6.45) is 0. The molecule has 0 bridgehead atoms. The predicted octanol–water partition coefficient (Wildman–Crippen LogP) is 2.54. The molecule has 17 heavy (non-hydrogen) atoms. The largest absolute Gasteiger partial charge is 0.325 e. The summed E-state index contributed by atoms with van der Waals surface area (Å²) < 4.78 is 1.94. The summed E-state index contributed by atoms with van der Waals surface area (Å²) in [5, 5.41) is 5.81. The van der Waals surface area contributed by atoms with Crippen molar-refractivity contribution < 1.29 is 0 Å². The van der Waals surface area contributed by atoms with E-state index in [0.717, 1.165) is 17.2 Å². The van der Waals surface area contributed by atoms with Gasteiger partial charge in [0.1, 0.15) is 0 Å². The number of fused-ring (bicyclic) bond motifs is 1. The summed E-state index contributed by atoms with van der Waals surface area (Å²) in [4.78, 5) is 0. The normalized spacial score (nSPS) is 12.2. The number of thioether (sulfide) groups is 1. The Bertz CT molecular complexity index is 511. The number of hydrogen-bond acceptors (Lipinski definition) is 3. The summed E-state index contributed by atoms with van der Waals surface area (Å²) in [6, 6.07) is 8.34. The van der Waals surface area contributed by atoms with Gasteiger partial charge in [0.05, 0.1) is 11.2 Å². The van der Waals surface area contributed by atoms with Crippen LogP contribution in [0.5, 0.6) is 0 Å². The molecule has 0 saturated heterocycles. The Morgan fingerprint density at radius 3 is 2.76 bits per heavy atom. The Labute approximate surface area is 106 Å². The zero-order valence-corrected chi connectivity index (χ0v) is 11.4. The van der Waals surface area contributed by atoms with Crippen molar-refractivity contribution in [3.63, 3.8) is 0 Å². The maximum Gasteiger partial charge on any atom is 0.0802 e. The Morgan fingerprint density at radius 1 is 1.35 bits per heavy atom. The average molecular weight is 249 g/mol. The van der Waals surface area contributed by atoms with E-state index in [2.05, 4.69) is 37.1 Å². The molecule has 3 nitrogen and oxygen atoms in total. The van der Waals surface area contributed by atoms with Gasteiger partial charge >= 0.3 is 0 Å². The van der Waals surface area contributed by atoms with Crippen LogP contribution in [0.3, 0.4) is 0 Å². The highest BCUT2D eigenvalue weighted by molar-refractivity contribution is 7.98. The quantitative estimate of drug-likeness (QED) is 0.905. The fourth-order valence-electron chi connectivity index (χ4n) is 1.81. The maximum atomic E-state index is 5.97. The molecule has 1 aromatic carbocycles. The van der Waals surface area contributed by atoms with Crippen LogP contribution < -0.4 is 5.73 Å². The first-order valence-electron chi connectivity index (χ1n) is 5.74. The lowest BCUT2D eigenvalue weighted by Crippen LogP contribution is -2.34. The van der Waals surface area contributed by atoms with E-state index < -0.39 is 0 Å². The van der Waals surface area contributed by atoms with Crippen molar-refractivity contribution in [1.29, 1.82) is 0 Å². The molecule has 0 aliphatic rings. The first kappa shape index (κ1) is 12.5. The van der Waals surface area contributed by atoms with E-state index in [4.69, 9.17) is 5.73 Å². The number of aryl methyl sites for hydroxylation is 1. The standard InChI is InChI=1S/C13H19N3S/c1-13(2,14)9-17-8-11-10-6-4-5-7-12(10)16(3)15-11/h4-7H,8-9,14H2,1-3H3. The third kappa shape index (κ3) is 3.01. The first-order valence-corrected chi connectivity index (χ1v) is 6.90. The molecule has 2 rings (SSSR count). The van der Waals surface area contributed by atoms with Gasteiger partial charge in [0, 0.05) is 29.5 Å². The highest BCUT2D eigenvalue weighted by Gasteiger charge is 2.12. The van der Waals surface area contributed by atoms with Gasteiger partial charge in [-0.25, -0.2) is 0 Å². The molecule has 2 aromatic rings. The number of para-hydroxylation sites is 1. The van der Waals surface area contributed by atoms with Gasteiger partial charge in [-0.05, 0) is 19.9 Å². The Hall–Kier alpha value is -1.00. The van der Waals surface area contributed by atoms with E-state index in [9.17, 15) is 0 Å². The van der Waals surface area contributed by atoms with Gasteiger partial charge in [-0.3, -0.25) is 4.68 Å². The van der Waals surface area contributed by atoms with Crippen LogP contribution in [0, 0.1) is 0 Å². The second-order valence-corrected chi connectivity index (χ2v) is 6.05. The molecule has 0 unspecified atom stereocenters. The minimum Gasteiger partial charge on any atom is -0.325 e. The monoisotopic (exact) mass is 249 g/mol. The average Bonchev–Trinajstić information content (AvgIpc) is 2.55. The van der Waals surface area contributed by atoms with Crippen LogP contribution in [0.4, 0.5) is 0 Å².